The Hall–Kier alpha value is -1.71. The normalized spacial score (nSPS) is 39.2. The second-order valence-electron chi connectivity index (χ2n) is 14.8. The number of hydrogen-bond acceptors (Lipinski definition) is 4. The molecule has 4 heteroatoms. The number of carbonyl (C=O) groups excluding carboxylic acids is 1. The maximum atomic E-state index is 13.3. The lowest BCUT2D eigenvalue weighted by Crippen LogP contribution is -2.58. The van der Waals surface area contributed by atoms with E-state index in [4.69, 9.17) is 16.2 Å². The van der Waals surface area contributed by atoms with Crippen molar-refractivity contribution in [2.24, 2.45) is 52.3 Å². The first-order valence-electron chi connectivity index (χ1n) is 15.9. The molecule has 0 spiro atoms. The topological polar surface area (TPSA) is 78.3 Å². The number of ether oxygens (including phenoxy) is 1. The van der Waals surface area contributed by atoms with Crippen LogP contribution >= 0.6 is 0 Å². The van der Waals surface area contributed by atoms with Crippen LogP contribution in [0, 0.1) is 52.3 Å². The number of benzene rings is 1. The van der Waals surface area contributed by atoms with E-state index in [1.54, 1.807) is 18.2 Å². The quantitative estimate of drug-likeness (QED) is 0.278. The number of nitrogens with two attached hydrogens (primary N) is 2. The summed E-state index contributed by atoms with van der Waals surface area (Å²) in [7, 11) is 0. The molecule has 212 valence electrons. The molecule has 0 radical (unpaired) electrons. The highest BCUT2D eigenvalue weighted by atomic mass is 16.5. The van der Waals surface area contributed by atoms with Gasteiger partial charge in [0.1, 0.15) is 6.10 Å². The molecule has 4 aliphatic rings. The Labute approximate surface area is 232 Å². The fraction of sp³-hybridized carbons (Fsp3) is 0.794. The van der Waals surface area contributed by atoms with Crippen LogP contribution in [0.4, 0.5) is 11.4 Å². The summed E-state index contributed by atoms with van der Waals surface area (Å²) in [4.78, 5) is 13.3. The minimum absolute atomic E-state index is 0.0132. The average molecular weight is 523 g/mol. The molecule has 4 aliphatic carbocycles. The third-order valence-electron chi connectivity index (χ3n) is 12.3. The molecule has 1 unspecified atom stereocenters. The van der Waals surface area contributed by atoms with Gasteiger partial charge in [-0.3, -0.25) is 0 Å². The Morgan fingerprint density at radius 2 is 1.66 bits per heavy atom. The van der Waals surface area contributed by atoms with Gasteiger partial charge in [0.25, 0.3) is 0 Å². The van der Waals surface area contributed by atoms with Gasteiger partial charge in [0.15, 0.2) is 0 Å². The molecule has 4 nitrogen and oxygen atoms in total. The predicted octanol–water partition coefficient (Wildman–Crippen LogP) is 8.50. The van der Waals surface area contributed by atoms with E-state index >= 15 is 0 Å². The molecule has 0 aromatic heterocycles. The zero-order chi connectivity index (χ0) is 27.2. The summed E-state index contributed by atoms with van der Waals surface area (Å²) in [6.07, 6.45) is 15.7. The number of hydrogen-bond donors (Lipinski definition) is 2. The second kappa shape index (κ2) is 10.7. The fourth-order valence-corrected chi connectivity index (χ4v) is 10.5. The predicted molar refractivity (Wildman–Crippen MR) is 158 cm³/mol. The van der Waals surface area contributed by atoms with Crippen LogP contribution in [0.3, 0.4) is 0 Å². The molecule has 38 heavy (non-hydrogen) atoms. The van der Waals surface area contributed by atoms with Crippen molar-refractivity contribution < 1.29 is 9.53 Å². The fourth-order valence-electron chi connectivity index (χ4n) is 10.5. The lowest BCUT2D eigenvalue weighted by molar-refractivity contribution is -0.166. The van der Waals surface area contributed by atoms with Crippen LogP contribution in [0.15, 0.2) is 18.2 Å². The van der Waals surface area contributed by atoms with E-state index in [9.17, 15) is 4.79 Å². The van der Waals surface area contributed by atoms with Gasteiger partial charge in [-0.15, -0.1) is 0 Å². The molecular formula is C34H54N2O2. The van der Waals surface area contributed by atoms with Crippen molar-refractivity contribution in [3.63, 3.8) is 0 Å². The zero-order valence-corrected chi connectivity index (χ0v) is 24.8. The Bertz CT molecular complexity index is 986. The third kappa shape index (κ3) is 4.87. The highest BCUT2D eigenvalue weighted by Crippen LogP contribution is 2.68. The summed E-state index contributed by atoms with van der Waals surface area (Å²) in [5.74, 6) is 5.22. The minimum atomic E-state index is -0.255. The van der Waals surface area contributed by atoms with Crippen molar-refractivity contribution in [1.29, 1.82) is 0 Å². The molecule has 5 rings (SSSR count). The molecule has 0 amide bonds. The first-order chi connectivity index (χ1) is 18.0. The van der Waals surface area contributed by atoms with Crippen LogP contribution in [0.25, 0.3) is 0 Å². The van der Waals surface area contributed by atoms with E-state index in [1.807, 2.05) is 0 Å². The Kier molecular flexibility index (Phi) is 7.84. The first-order valence-corrected chi connectivity index (χ1v) is 15.9. The summed E-state index contributed by atoms with van der Waals surface area (Å²) in [6, 6.07) is 5.11. The van der Waals surface area contributed by atoms with Gasteiger partial charge in [-0.25, -0.2) is 4.79 Å². The number of carbonyl (C=O) groups is 1. The average Bonchev–Trinajstić information content (AvgIpc) is 3.21. The van der Waals surface area contributed by atoms with Gasteiger partial charge in [0, 0.05) is 16.8 Å². The van der Waals surface area contributed by atoms with Crippen molar-refractivity contribution in [3.05, 3.63) is 23.8 Å². The van der Waals surface area contributed by atoms with Crippen LogP contribution in [0.1, 0.15) is 122 Å². The van der Waals surface area contributed by atoms with Crippen molar-refractivity contribution in [3.8, 4) is 0 Å². The largest absolute Gasteiger partial charge is 0.458 e. The van der Waals surface area contributed by atoms with Crippen molar-refractivity contribution in [1.82, 2.24) is 0 Å². The summed E-state index contributed by atoms with van der Waals surface area (Å²) in [5.41, 5.74) is 14.1. The van der Waals surface area contributed by atoms with Crippen molar-refractivity contribution in [2.75, 3.05) is 11.5 Å². The summed E-state index contributed by atoms with van der Waals surface area (Å²) in [6.45, 7) is 12.4. The van der Waals surface area contributed by atoms with E-state index in [0.717, 1.165) is 42.4 Å². The highest BCUT2D eigenvalue weighted by Gasteiger charge is 2.62. The van der Waals surface area contributed by atoms with Crippen LogP contribution < -0.4 is 11.5 Å². The molecule has 0 bridgehead atoms. The van der Waals surface area contributed by atoms with Gasteiger partial charge in [-0.2, -0.15) is 0 Å². The molecule has 4 N–H and O–H groups in total. The maximum Gasteiger partial charge on any atom is 0.338 e. The van der Waals surface area contributed by atoms with E-state index < -0.39 is 0 Å². The molecule has 0 heterocycles. The molecule has 4 saturated carbocycles. The van der Waals surface area contributed by atoms with E-state index in [-0.39, 0.29) is 17.5 Å². The monoisotopic (exact) mass is 522 g/mol. The molecule has 1 aromatic rings. The SMILES string of the molecule is CC(C)CCC[C@H](C)[C@@H]1CC[C@H]2[C@H]3CC[C@H]4CCCC(OC(=O)c5cc(N)cc(N)c5)[C@]4(C)[C@H]3CC[C@@]21C. The third-order valence-corrected chi connectivity index (χ3v) is 12.3. The lowest BCUT2D eigenvalue weighted by atomic mass is 9.44. The lowest BCUT2D eigenvalue weighted by Gasteiger charge is -2.62. The van der Waals surface area contributed by atoms with Gasteiger partial charge >= 0.3 is 5.97 Å². The smallest absolute Gasteiger partial charge is 0.338 e. The minimum Gasteiger partial charge on any atom is -0.458 e. The molecule has 1 aromatic carbocycles. The van der Waals surface area contributed by atoms with Crippen LogP contribution in [0.5, 0.6) is 0 Å². The Morgan fingerprint density at radius 1 is 0.921 bits per heavy atom. The van der Waals surface area contributed by atoms with Crippen LogP contribution in [0.2, 0.25) is 0 Å². The maximum absolute atomic E-state index is 13.3. The van der Waals surface area contributed by atoms with Gasteiger partial charge in [0.2, 0.25) is 0 Å². The summed E-state index contributed by atoms with van der Waals surface area (Å²) in [5, 5.41) is 0. The van der Waals surface area contributed by atoms with Gasteiger partial charge in [-0.05, 0) is 123 Å². The molecule has 4 fully saturated rings. The standard InChI is InChI=1S/C34H54N2O2/c1-21(2)8-6-9-22(3)28-14-15-29-27-13-12-24-10-7-11-31(34(24,5)30(27)16-17-33(28,29)4)38-32(37)23-18-25(35)20-26(36)19-23/h18-22,24,27-31H,6-17,35-36H2,1-5H3/t22-,24+,27+,28-,29-,30-,31?,33+,34-/m0/s1. The first kappa shape index (κ1) is 27.8. The molecular weight excluding hydrogens is 468 g/mol. The number of fused-ring (bicyclic) bond motifs is 5. The molecule has 0 saturated heterocycles. The number of nitrogen functional groups attached to an aromatic ring is 2. The van der Waals surface area contributed by atoms with Crippen molar-refractivity contribution >= 4 is 17.3 Å². The van der Waals surface area contributed by atoms with Crippen molar-refractivity contribution in [2.45, 2.75) is 118 Å². The molecule has 9 atom stereocenters. The van der Waals surface area contributed by atoms with E-state index in [0.29, 0.717) is 34.2 Å². The van der Waals surface area contributed by atoms with Crippen LogP contribution in [-0.2, 0) is 4.74 Å². The number of anilines is 2. The number of esters is 1. The van der Waals surface area contributed by atoms with Gasteiger partial charge < -0.3 is 16.2 Å². The summed E-state index contributed by atoms with van der Waals surface area (Å²) >= 11 is 0. The second-order valence-corrected chi connectivity index (χ2v) is 14.8. The van der Waals surface area contributed by atoms with Gasteiger partial charge in [-0.1, -0.05) is 53.9 Å². The van der Waals surface area contributed by atoms with E-state index in [2.05, 4.69) is 34.6 Å². The highest BCUT2D eigenvalue weighted by molar-refractivity contribution is 5.91. The Morgan fingerprint density at radius 3 is 2.37 bits per heavy atom. The number of rotatable bonds is 7. The van der Waals surface area contributed by atoms with E-state index in [1.165, 1.54) is 64.2 Å². The van der Waals surface area contributed by atoms with Crippen LogP contribution in [-0.4, -0.2) is 12.1 Å². The Balaban J connectivity index is 1.34. The van der Waals surface area contributed by atoms with Gasteiger partial charge in [0.05, 0.1) is 5.56 Å². The zero-order valence-electron chi connectivity index (χ0n) is 24.8. The molecule has 0 aliphatic heterocycles. The summed E-state index contributed by atoms with van der Waals surface area (Å²) < 4.78 is 6.42.